The normalized spacial score (nSPS) is 18.0. The number of hydrogen-bond donors (Lipinski definition) is 2. The van der Waals surface area contributed by atoms with E-state index in [1.807, 2.05) is 49.4 Å². The molecule has 6 rings (SSSR count). The first-order chi connectivity index (χ1) is 20.5. The van der Waals surface area contributed by atoms with Crippen molar-refractivity contribution in [3.05, 3.63) is 101 Å². The van der Waals surface area contributed by atoms with Crippen LogP contribution in [0, 0.1) is 6.92 Å². The molecule has 8 heteroatoms. The summed E-state index contributed by atoms with van der Waals surface area (Å²) in [5, 5.41) is 3.99. The summed E-state index contributed by atoms with van der Waals surface area (Å²) in [5.41, 5.74) is 5.99. The first-order valence-corrected chi connectivity index (χ1v) is 14.8. The van der Waals surface area contributed by atoms with Crippen molar-refractivity contribution in [2.75, 3.05) is 24.7 Å². The van der Waals surface area contributed by atoms with Crippen LogP contribution in [0.1, 0.15) is 65.0 Å². The average molecular weight is 565 g/mol. The van der Waals surface area contributed by atoms with E-state index < -0.39 is 12.1 Å². The van der Waals surface area contributed by atoms with Crippen LogP contribution >= 0.6 is 0 Å². The molecular formula is C34H36N4O4. The summed E-state index contributed by atoms with van der Waals surface area (Å²) in [6, 6.07) is 21.4. The second kappa shape index (κ2) is 11.8. The predicted molar refractivity (Wildman–Crippen MR) is 163 cm³/mol. The molecule has 216 valence electrons. The number of hydrogen-bond acceptors (Lipinski definition) is 4. The number of imide groups is 1. The Morgan fingerprint density at radius 1 is 0.976 bits per heavy atom. The lowest BCUT2D eigenvalue weighted by Crippen LogP contribution is -2.44. The van der Waals surface area contributed by atoms with Gasteiger partial charge in [0.1, 0.15) is 12.1 Å². The minimum Gasteiger partial charge on any atom is -0.381 e. The van der Waals surface area contributed by atoms with Gasteiger partial charge in [0.15, 0.2) is 0 Å². The molecule has 4 aromatic rings. The summed E-state index contributed by atoms with van der Waals surface area (Å²) < 4.78 is 5.55. The Labute approximate surface area is 245 Å². The Bertz CT molecular complexity index is 1630. The van der Waals surface area contributed by atoms with E-state index in [1.165, 1.54) is 4.90 Å². The van der Waals surface area contributed by atoms with E-state index in [9.17, 15) is 14.4 Å². The van der Waals surface area contributed by atoms with Crippen molar-refractivity contribution < 1.29 is 19.1 Å². The first kappa shape index (κ1) is 27.7. The van der Waals surface area contributed by atoms with Gasteiger partial charge in [-0.2, -0.15) is 0 Å². The molecule has 2 unspecified atom stereocenters. The first-order valence-electron chi connectivity index (χ1n) is 14.8. The van der Waals surface area contributed by atoms with Gasteiger partial charge in [0, 0.05) is 48.3 Å². The number of para-hydroxylation sites is 1. The van der Waals surface area contributed by atoms with Crippen LogP contribution in [0.25, 0.3) is 10.9 Å². The van der Waals surface area contributed by atoms with E-state index in [2.05, 4.69) is 23.3 Å². The Kier molecular flexibility index (Phi) is 7.80. The molecule has 2 atom stereocenters. The van der Waals surface area contributed by atoms with Crippen molar-refractivity contribution in [3.63, 3.8) is 0 Å². The summed E-state index contributed by atoms with van der Waals surface area (Å²) in [5.74, 6) is -0.452. The van der Waals surface area contributed by atoms with Crippen LogP contribution < -0.4 is 10.2 Å². The molecule has 0 bridgehead atoms. The number of carbonyl (C=O) groups excluding carboxylic acids is 3. The van der Waals surface area contributed by atoms with Crippen molar-refractivity contribution in [3.8, 4) is 0 Å². The fraction of sp³-hybridized carbons (Fsp3) is 0.324. The highest BCUT2D eigenvalue weighted by molar-refractivity contribution is 6.22. The molecule has 3 aromatic carbocycles. The number of rotatable bonds is 10. The zero-order chi connectivity index (χ0) is 29.2. The van der Waals surface area contributed by atoms with Gasteiger partial charge in [0.05, 0.1) is 5.69 Å². The highest BCUT2D eigenvalue weighted by Gasteiger charge is 2.53. The van der Waals surface area contributed by atoms with Crippen LogP contribution in [0.3, 0.4) is 0 Å². The minimum atomic E-state index is -0.628. The van der Waals surface area contributed by atoms with E-state index >= 15 is 0 Å². The second-order valence-corrected chi connectivity index (χ2v) is 11.0. The van der Waals surface area contributed by atoms with E-state index in [0.717, 1.165) is 59.2 Å². The summed E-state index contributed by atoms with van der Waals surface area (Å²) in [4.78, 5) is 47.2. The van der Waals surface area contributed by atoms with Crippen LogP contribution in [0.4, 0.5) is 10.5 Å². The smallest absolute Gasteiger partial charge is 0.332 e. The molecule has 0 aliphatic carbocycles. The number of H-pyrrole nitrogens is 1. The number of urea groups is 1. The predicted octanol–water partition coefficient (Wildman–Crippen LogP) is 5.90. The highest BCUT2D eigenvalue weighted by atomic mass is 16.5. The lowest BCUT2D eigenvalue weighted by atomic mass is 9.87. The maximum Gasteiger partial charge on any atom is 0.332 e. The number of aryl methyl sites for hydroxylation is 1. The molecule has 42 heavy (non-hydrogen) atoms. The van der Waals surface area contributed by atoms with E-state index in [4.69, 9.17) is 4.74 Å². The summed E-state index contributed by atoms with van der Waals surface area (Å²) in [6.45, 7) is 6.02. The number of benzene rings is 3. The third-order valence-corrected chi connectivity index (χ3v) is 8.31. The quantitative estimate of drug-likeness (QED) is 0.185. The molecule has 4 amide bonds. The summed E-state index contributed by atoms with van der Waals surface area (Å²) in [6.07, 6.45) is 3.31. The minimum absolute atomic E-state index is 0.198. The number of fused-ring (bicyclic) bond motifs is 4. The molecule has 1 fully saturated rings. The van der Waals surface area contributed by atoms with Crippen LogP contribution in [0.2, 0.25) is 0 Å². The molecular weight excluding hydrogens is 528 g/mol. The Morgan fingerprint density at radius 3 is 2.50 bits per heavy atom. The Morgan fingerprint density at radius 2 is 1.71 bits per heavy atom. The fourth-order valence-corrected chi connectivity index (χ4v) is 6.12. The van der Waals surface area contributed by atoms with E-state index in [-0.39, 0.29) is 17.8 Å². The summed E-state index contributed by atoms with van der Waals surface area (Å²) >= 11 is 0. The standard InChI is InChI=1S/C34H36N4O4/c1-3-4-19-42-20-9-18-35-32(39)23-14-16-24(17-15-23)37-33(40)29-21-27-26-12-7-8-13-28(26)36-30(27)31(38(29)34(37)41)25-11-6-5-10-22(25)2/h5-8,10-17,29,31,36H,3-4,9,18-21H2,1-2H3,(H,35,39). The van der Waals surface area contributed by atoms with Crippen LogP contribution in [0.15, 0.2) is 72.8 Å². The lowest BCUT2D eigenvalue weighted by Gasteiger charge is -2.36. The molecule has 0 spiro atoms. The van der Waals surface area contributed by atoms with E-state index in [1.54, 1.807) is 29.2 Å². The van der Waals surface area contributed by atoms with Gasteiger partial charge in [-0.25, -0.2) is 9.69 Å². The zero-order valence-electron chi connectivity index (χ0n) is 24.1. The average Bonchev–Trinajstić information content (AvgIpc) is 3.50. The van der Waals surface area contributed by atoms with Crippen molar-refractivity contribution >= 4 is 34.4 Å². The van der Waals surface area contributed by atoms with Gasteiger partial charge < -0.3 is 15.0 Å². The number of aromatic nitrogens is 1. The third kappa shape index (κ3) is 4.96. The lowest BCUT2D eigenvalue weighted by molar-refractivity contribution is -0.120. The molecule has 0 radical (unpaired) electrons. The highest BCUT2D eigenvalue weighted by Crippen LogP contribution is 2.45. The maximum atomic E-state index is 14.1. The Balaban J connectivity index is 1.24. The number of nitrogens with zero attached hydrogens (tertiary/aromatic N) is 2. The number of nitrogens with one attached hydrogen (secondary N) is 2. The number of anilines is 1. The van der Waals surface area contributed by atoms with Gasteiger partial charge >= 0.3 is 6.03 Å². The van der Waals surface area contributed by atoms with Crippen molar-refractivity contribution in [1.82, 2.24) is 15.2 Å². The molecule has 8 nitrogen and oxygen atoms in total. The zero-order valence-corrected chi connectivity index (χ0v) is 24.1. The largest absolute Gasteiger partial charge is 0.381 e. The number of aromatic amines is 1. The molecule has 2 N–H and O–H groups in total. The van der Waals surface area contributed by atoms with Gasteiger partial charge in [0.25, 0.3) is 11.8 Å². The fourth-order valence-electron chi connectivity index (χ4n) is 6.12. The topological polar surface area (TPSA) is 94.7 Å². The maximum absolute atomic E-state index is 14.1. The molecule has 0 saturated carbocycles. The number of amides is 4. The summed E-state index contributed by atoms with van der Waals surface area (Å²) in [7, 11) is 0. The third-order valence-electron chi connectivity index (χ3n) is 8.31. The second-order valence-electron chi connectivity index (χ2n) is 11.0. The van der Waals surface area contributed by atoms with E-state index in [0.29, 0.717) is 30.8 Å². The van der Waals surface area contributed by atoms with Crippen LogP contribution in [-0.4, -0.2) is 53.5 Å². The van der Waals surface area contributed by atoms with Crippen LogP contribution in [0.5, 0.6) is 0 Å². The van der Waals surface area contributed by atoms with Crippen molar-refractivity contribution in [1.29, 1.82) is 0 Å². The Hall–Kier alpha value is -4.43. The molecule has 2 aliphatic rings. The number of ether oxygens (including phenoxy) is 1. The van der Waals surface area contributed by atoms with Gasteiger partial charge in [0.2, 0.25) is 0 Å². The van der Waals surface area contributed by atoms with Gasteiger partial charge in [-0.3, -0.25) is 14.5 Å². The van der Waals surface area contributed by atoms with Gasteiger partial charge in [-0.15, -0.1) is 0 Å². The van der Waals surface area contributed by atoms with Crippen molar-refractivity contribution in [2.45, 2.75) is 51.6 Å². The van der Waals surface area contributed by atoms with Gasteiger partial charge in [-0.1, -0.05) is 55.8 Å². The van der Waals surface area contributed by atoms with Gasteiger partial charge in [-0.05, 0) is 66.8 Å². The molecule has 3 heterocycles. The molecule has 2 aliphatic heterocycles. The molecule has 1 saturated heterocycles. The van der Waals surface area contributed by atoms with Crippen LogP contribution in [-0.2, 0) is 16.0 Å². The SMILES string of the molecule is CCCCOCCCNC(=O)c1ccc(N2C(=O)C3Cc4c([nH]c5ccccc45)C(c4ccccc4C)N3C2=O)cc1. The number of unbranched alkanes of at least 4 members (excludes halogenated alkanes) is 1. The monoisotopic (exact) mass is 564 g/mol. The molecule has 1 aromatic heterocycles. The van der Waals surface area contributed by atoms with Crippen molar-refractivity contribution in [2.24, 2.45) is 0 Å². The number of carbonyl (C=O) groups is 3.